The van der Waals surface area contributed by atoms with Crippen LogP contribution in [0.4, 0.5) is 5.69 Å². The lowest BCUT2D eigenvalue weighted by atomic mass is 10.1. The SMILES string of the molecule is N#Cc1ccc(NCc2cccc(C3CC3)c2)cc1Cl. The average molecular weight is 283 g/mol. The average Bonchev–Trinajstić information content (AvgIpc) is 3.30. The molecule has 0 amide bonds. The molecule has 2 aromatic carbocycles. The number of anilines is 1. The van der Waals surface area contributed by atoms with E-state index in [0.717, 1.165) is 18.2 Å². The van der Waals surface area contributed by atoms with E-state index in [9.17, 15) is 0 Å². The first-order valence-electron chi connectivity index (χ1n) is 6.78. The predicted octanol–water partition coefficient (Wildman–Crippen LogP) is 4.70. The zero-order valence-corrected chi connectivity index (χ0v) is 11.8. The summed E-state index contributed by atoms with van der Waals surface area (Å²) in [6.45, 7) is 0.767. The first kappa shape index (κ1) is 13.0. The minimum absolute atomic E-state index is 0.490. The first-order valence-corrected chi connectivity index (χ1v) is 7.16. The van der Waals surface area contributed by atoms with Crippen molar-refractivity contribution in [1.82, 2.24) is 0 Å². The Hall–Kier alpha value is -1.98. The van der Waals surface area contributed by atoms with Crippen LogP contribution < -0.4 is 5.32 Å². The van der Waals surface area contributed by atoms with Gasteiger partial charge in [-0.1, -0.05) is 35.9 Å². The molecule has 0 saturated heterocycles. The second-order valence-electron chi connectivity index (χ2n) is 5.18. The molecule has 2 aromatic rings. The molecule has 1 saturated carbocycles. The van der Waals surface area contributed by atoms with E-state index in [1.54, 1.807) is 12.1 Å². The number of benzene rings is 2. The molecule has 3 rings (SSSR count). The molecule has 3 heteroatoms. The fourth-order valence-electron chi connectivity index (χ4n) is 2.29. The van der Waals surface area contributed by atoms with Gasteiger partial charge in [-0.25, -0.2) is 0 Å². The Morgan fingerprint density at radius 3 is 2.75 bits per heavy atom. The maximum atomic E-state index is 8.85. The minimum Gasteiger partial charge on any atom is -0.381 e. The van der Waals surface area contributed by atoms with Gasteiger partial charge in [0, 0.05) is 12.2 Å². The number of nitrogens with one attached hydrogen (secondary N) is 1. The maximum Gasteiger partial charge on any atom is 0.101 e. The third kappa shape index (κ3) is 2.95. The zero-order chi connectivity index (χ0) is 13.9. The molecule has 1 fully saturated rings. The molecule has 0 aromatic heterocycles. The number of nitrogens with zero attached hydrogens (tertiary/aromatic N) is 1. The Morgan fingerprint density at radius 2 is 2.05 bits per heavy atom. The van der Waals surface area contributed by atoms with Gasteiger partial charge in [0.05, 0.1) is 10.6 Å². The van der Waals surface area contributed by atoms with Crippen LogP contribution in [0.1, 0.15) is 35.4 Å². The fraction of sp³-hybridized carbons (Fsp3) is 0.235. The van der Waals surface area contributed by atoms with E-state index in [1.165, 1.54) is 24.0 Å². The highest BCUT2D eigenvalue weighted by Crippen LogP contribution is 2.40. The Bertz CT molecular complexity index is 669. The van der Waals surface area contributed by atoms with Crippen LogP contribution in [0, 0.1) is 11.3 Å². The number of rotatable bonds is 4. The summed E-state index contributed by atoms with van der Waals surface area (Å²) >= 11 is 6.02. The number of hydrogen-bond donors (Lipinski definition) is 1. The van der Waals surface area contributed by atoms with Crippen molar-refractivity contribution in [2.75, 3.05) is 5.32 Å². The molecule has 0 spiro atoms. The van der Waals surface area contributed by atoms with Crippen LogP contribution in [-0.4, -0.2) is 0 Å². The molecule has 0 heterocycles. The van der Waals surface area contributed by atoms with Gasteiger partial charge in [0.15, 0.2) is 0 Å². The van der Waals surface area contributed by atoms with Gasteiger partial charge in [0.1, 0.15) is 6.07 Å². The molecule has 100 valence electrons. The van der Waals surface area contributed by atoms with E-state index >= 15 is 0 Å². The minimum atomic E-state index is 0.490. The van der Waals surface area contributed by atoms with Crippen molar-refractivity contribution in [3.05, 3.63) is 64.2 Å². The standard InChI is InChI=1S/C17H15ClN2/c18-17-9-16(7-6-15(17)10-19)20-11-12-2-1-3-14(8-12)13-4-5-13/h1-3,6-9,13,20H,4-5,11H2. The van der Waals surface area contributed by atoms with Crippen molar-refractivity contribution in [2.24, 2.45) is 0 Å². The van der Waals surface area contributed by atoms with E-state index in [1.807, 2.05) is 6.07 Å². The van der Waals surface area contributed by atoms with Crippen molar-refractivity contribution in [3.63, 3.8) is 0 Å². The summed E-state index contributed by atoms with van der Waals surface area (Å²) in [5.41, 5.74) is 4.16. The van der Waals surface area contributed by atoms with Crippen LogP contribution in [0.5, 0.6) is 0 Å². The highest BCUT2D eigenvalue weighted by molar-refractivity contribution is 6.32. The molecule has 2 nitrogen and oxygen atoms in total. The van der Waals surface area contributed by atoms with E-state index in [-0.39, 0.29) is 0 Å². The highest BCUT2D eigenvalue weighted by atomic mass is 35.5. The molecule has 0 bridgehead atoms. The van der Waals surface area contributed by atoms with Crippen LogP contribution in [0.15, 0.2) is 42.5 Å². The molecule has 1 aliphatic carbocycles. The van der Waals surface area contributed by atoms with Crippen molar-refractivity contribution in [2.45, 2.75) is 25.3 Å². The zero-order valence-electron chi connectivity index (χ0n) is 11.1. The van der Waals surface area contributed by atoms with Crippen LogP contribution in [0.3, 0.4) is 0 Å². The number of halogens is 1. The molecular formula is C17H15ClN2. The van der Waals surface area contributed by atoms with Crippen LogP contribution >= 0.6 is 11.6 Å². The topological polar surface area (TPSA) is 35.8 Å². The first-order chi connectivity index (χ1) is 9.76. The summed E-state index contributed by atoms with van der Waals surface area (Å²) < 4.78 is 0. The Morgan fingerprint density at radius 1 is 1.20 bits per heavy atom. The quantitative estimate of drug-likeness (QED) is 0.882. The summed E-state index contributed by atoms with van der Waals surface area (Å²) in [7, 11) is 0. The van der Waals surface area contributed by atoms with Gasteiger partial charge in [0.2, 0.25) is 0 Å². The third-order valence-corrected chi connectivity index (χ3v) is 3.90. The maximum absolute atomic E-state index is 8.85. The largest absolute Gasteiger partial charge is 0.381 e. The number of nitriles is 1. The molecule has 0 radical (unpaired) electrons. The van der Waals surface area contributed by atoms with Gasteiger partial charge in [-0.15, -0.1) is 0 Å². The summed E-state index contributed by atoms with van der Waals surface area (Å²) in [5, 5.41) is 12.7. The van der Waals surface area contributed by atoms with Gasteiger partial charge >= 0.3 is 0 Å². The molecule has 20 heavy (non-hydrogen) atoms. The van der Waals surface area contributed by atoms with Gasteiger partial charge in [0.25, 0.3) is 0 Å². The lowest BCUT2D eigenvalue weighted by molar-refractivity contribution is 1.09. The Labute approximate surface area is 124 Å². The second kappa shape index (κ2) is 5.56. The molecule has 1 aliphatic rings. The van der Waals surface area contributed by atoms with Crippen LogP contribution in [0.2, 0.25) is 5.02 Å². The van der Waals surface area contributed by atoms with Crippen molar-refractivity contribution in [3.8, 4) is 6.07 Å². The molecular weight excluding hydrogens is 268 g/mol. The van der Waals surface area contributed by atoms with E-state index in [4.69, 9.17) is 16.9 Å². The van der Waals surface area contributed by atoms with Crippen molar-refractivity contribution >= 4 is 17.3 Å². The van der Waals surface area contributed by atoms with Gasteiger partial charge in [-0.05, 0) is 48.1 Å². The normalized spacial score (nSPS) is 13.8. The Kier molecular flexibility index (Phi) is 3.62. The second-order valence-corrected chi connectivity index (χ2v) is 5.59. The summed E-state index contributed by atoms with van der Waals surface area (Å²) in [6, 6.07) is 16.2. The molecule has 0 unspecified atom stereocenters. The van der Waals surface area contributed by atoms with Gasteiger partial charge in [-0.3, -0.25) is 0 Å². The summed E-state index contributed by atoms with van der Waals surface area (Å²) in [5.74, 6) is 0.777. The number of hydrogen-bond acceptors (Lipinski definition) is 2. The van der Waals surface area contributed by atoms with E-state index in [2.05, 4.69) is 35.7 Å². The fourth-order valence-corrected chi connectivity index (χ4v) is 2.52. The smallest absolute Gasteiger partial charge is 0.101 e. The van der Waals surface area contributed by atoms with Gasteiger partial charge < -0.3 is 5.32 Å². The van der Waals surface area contributed by atoms with Crippen LogP contribution in [0.25, 0.3) is 0 Å². The lowest BCUT2D eigenvalue weighted by Crippen LogP contribution is -2.00. The predicted molar refractivity (Wildman–Crippen MR) is 81.9 cm³/mol. The lowest BCUT2D eigenvalue weighted by Gasteiger charge is -2.09. The molecule has 1 N–H and O–H groups in total. The van der Waals surface area contributed by atoms with E-state index < -0.39 is 0 Å². The van der Waals surface area contributed by atoms with Crippen LogP contribution in [-0.2, 0) is 6.54 Å². The third-order valence-electron chi connectivity index (χ3n) is 3.59. The molecule has 0 aliphatic heterocycles. The summed E-state index contributed by atoms with van der Waals surface area (Å²) in [6.07, 6.45) is 2.64. The summed E-state index contributed by atoms with van der Waals surface area (Å²) in [4.78, 5) is 0. The van der Waals surface area contributed by atoms with Crippen molar-refractivity contribution < 1.29 is 0 Å². The van der Waals surface area contributed by atoms with Crippen molar-refractivity contribution in [1.29, 1.82) is 5.26 Å². The monoisotopic (exact) mass is 282 g/mol. The Balaban J connectivity index is 1.68. The molecule has 0 atom stereocenters. The highest BCUT2D eigenvalue weighted by Gasteiger charge is 2.23. The van der Waals surface area contributed by atoms with E-state index in [0.29, 0.717) is 10.6 Å². The van der Waals surface area contributed by atoms with Gasteiger partial charge in [-0.2, -0.15) is 5.26 Å².